The molecule has 0 saturated heterocycles. The van der Waals surface area contributed by atoms with Crippen molar-refractivity contribution in [2.24, 2.45) is 0 Å². The number of ether oxygens (including phenoxy) is 1. The first-order valence-electron chi connectivity index (χ1n) is 9.36. The fourth-order valence-corrected chi connectivity index (χ4v) is 3.40. The van der Waals surface area contributed by atoms with Gasteiger partial charge in [0.15, 0.2) is 0 Å². The summed E-state index contributed by atoms with van der Waals surface area (Å²) in [5.74, 6) is -0.611. The summed E-state index contributed by atoms with van der Waals surface area (Å²) in [6, 6.07) is 9.80. The molecule has 2 aromatic rings. The Bertz CT molecular complexity index is 818. The van der Waals surface area contributed by atoms with Crippen LogP contribution in [0.25, 0.3) is 11.3 Å². The van der Waals surface area contributed by atoms with Crippen LogP contribution in [0, 0.1) is 5.82 Å². The minimum absolute atomic E-state index is 0.0648. The molecule has 1 aromatic carbocycles. The van der Waals surface area contributed by atoms with Crippen molar-refractivity contribution in [3.8, 4) is 11.3 Å². The molecule has 7 heteroatoms. The van der Waals surface area contributed by atoms with Crippen LogP contribution < -0.4 is 10.6 Å². The summed E-state index contributed by atoms with van der Waals surface area (Å²) in [5.41, 5.74) is 1.75. The fourth-order valence-electron chi connectivity index (χ4n) is 3.40. The molecular formula is C21H24FN3O3. The zero-order chi connectivity index (χ0) is 19.9. The van der Waals surface area contributed by atoms with Crippen LogP contribution in [0.4, 0.5) is 4.39 Å². The molecule has 0 aliphatic heterocycles. The van der Waals surface area contributed by atoms with E-state index in [0.29, 0.717) is 16.8 Å². The highest BCUT2D eigenvalue weighted by atomic mass is 19.1. The van der Waals surface area contributed by atoms with Gasteiger partial charge in [-0.2, -0.15) is 0 Å². The molecule has 1 aliphatic rings. The average Bonchev–Trinajstić information content (AvgIpc) is 2.70. The predicted octanol–water partition coefficient (Wildman–Crippen LogP) is 2.69. The number of carbonyl (C=O) groups is 2. The zero-order valence-electron chi connectivity index (χ0n) is 15.8. The van der Waals surface area contributed by atoms with Crippen LogP contribution in [0.15, 0.2) is 42.6 Å². The largest absolute Gasteiger partial charge is 0.375 e. The van der Waals surface area contributed by atoms with Crippen LogP contribution in [-0.4, -0.2) is 42.6 Å². The Balaban J connectivity index is 1.51. The summed E-state index contributed by atoms with van der Waals surface area (Å²) in [6.07, 6.45) is 4.75. The van der Waals surface area contributed by atoms with Crippen molar-refractivity contribution in [3.63, 3.8) is 0 Å². The fraction of sp³-hybridized carbons (Fsp3) is 0.381. The van der Waals surface area contributed by atoms with E-state index >= 15 is 0 Å². The van der Waals surface area contributed by atoms with Crippen LogP contribution in [0.2, 0.25) is 0 Å². The molecule has 2 amide bonds. The number of hydrogen-bond donors (Lipinski definition) is 2. The van der Waals surface area contributed by atoms with Crippen molar-refractivity contribution in [2.45, 2.75) is 37.8 Å². The van der Waals surface area contributed by atoms with Gasteiger partial charge in [-0.3, -0.25) is 14.6 Å². The molecule has 6 nitrogen and oxygen atoms in total. The highest BCUT2D eigenvalue weighted by molar-refractivity contribution is 5.94. The molecule has 148 valence electrons. The number of rotatable bonds is 6. The van der Waals surface area contributed by atoms with Gasteiger partial charge in [-0.1, -0.05) is 12.1 Å². The molecule has 0 spiro atoms. The minimum atomic E-state index is -0.324. The lowest BCUT2D eigenvalue weighted by atomic mass is 9.91. The number of pyridine rings is 1. The molecule has 0 unspecified atom stereocenters. The number of carbonyl (C=O) groups excluding carboxylic acids is 2. The predicted molar refractivity (Wildman–Crippen MR) is 103 cm³/mol. The van der Waals surface area contributed by atoms with E-state index in [2.05, 4.69) is 15.6 Å². The third-order valence-electron chi connectivity index (χ3n) is 4.85. The number of halogens is 1. The Hall–Kier alpha value is -2.80. The van der Waals surface area contributed by atoms with Crippen molar-refractivity contribution in [1.82, 2.24) is 15.6 Å². The van der Waals surface area contributed by atoms with E-state index in [1.807, 2.05) is 0 Å². The average molecular weight is 385 g/mol. The van der Waals surface area contributed by atoms with Crippen LogP contribution in [-0.2, 0) is 9.53 Å². The van der Waals surface area contributed by atoms with Gasteiger partial charge in [0.1, 0.15) is 12.4 Å². The molecule has 1 heterocycles. The van der Waals surface area contributed by atoms with E-state index in [4.69, 9.17) is 4.74 Å². The molecule has 3 rings (SSSR count). The maximum Gasteiger partial charge on any atom is 0.253 e. The zero-order valence-corrected chi connectivity index (χ0v) is 15.8. The van der Waals surface area contributed by atoms with Crippen molar-refractivity contribution in [1.29, 1.82) is 0 Å². The van der Waals surface area contributed by atoms with Gasteiger partial charge in [0.2, 0.25) is 5.91 Å². The molecule has 0 bridgehead atoms. The van der Waals surface area contributed by atoms with E-state index in [0.717, 1.165) is 25.7 Å². The van der Waals surface area contributed by atoms with Crippen molar-refractivity contribution in [3.05, 3.63) is 54.0 Å². The number of benzene rings is 1. The molecule has 1 aliphatic carbocycles. The lowest BCUT2D eigenvalue weighted by Gasteiger charge is -2.29. The lowest BCUT2D eigenvalue weighted by Crippen LogP contribution is -2.44. The molecule has 2 N–H and O–H groups in total. The van der Waals surface area contributed by atoms with Crippen LogP contribution >= 0.6 is 0 Å². The van der Waals surface area contributed by atoms with Gasteiger partial charge < -0.3 is 15.4 Å². The quantitative estimate of drug-likeness (QED) is 0.801. The summed E-state index contributed by atoms with van der Waals surface area (Å²) >= 11 is 0. The Morgan fingerprint density at radius 3 is 2.43 bits per heavy atom. The molecule has 28 heavy (non-hydrogen) atoms. The Labute approximate surface area is 163 Å². The van der Waals surface area contributed by atoms with E-state index in [1.54, 1.807) is 24.3 Å². The Morgan fingerprint density at radius 1 is 1.11 bits per heavy atom. The van der Waals surface area contributed by atoms with Crippen LogP contribution in [0.1, 0.15) is 36.0 Å². The maximum absolute atomic E-state index is 13.3. The number of nitrogens with zero attached hydrogens (tertiary/aromatic N) is 1. The van der Waals surface area contributed by atoms with E-state index < -0.39 is 0 Å². The topological polar surface area (TPSA) is 80.3 Å². The molecule has 1 saturated carbocycles. The van der Waals surface area contributed by atoms with Gasteiger partial charge in [-0.25, -0.2) is 4.39 Å². The summed E-state index contributed by atoms with van der Waals surface area (Å²) in [4.78, 5) is 28.3. The van der Waals surface area contributed by atoms with E-state index in [1.165, 1.54) is 25.4 Å². The van der Waals surface area contributed by atoms with Gasteiger partial charge in [0.25, 0.3) is 5.91 Å². The van der Waals surface area contributed by atoms with Crippen molar-refractivity contribution < 1.29 is 18.7 Å². The van der Waals surface area contributed by atoms with Gasteiger partial charge in [-0.15, -0.1) is 0 Å². The SMILES string of the molecule is COCC(=O)NC1CCC(NC(=O)c2ccc(-c3cccc(F)c3)nc2)CC1. The van der Waals surface area contributed by atoms with Gasteiger partial charge in [0.05, 0.1) is 11.3 Å². The Morgan fingerprint density at radius 2 is 1.82 bits per heavy atom. The summed E-state index contributed by atoms with van der Waals surface area (Å²) in [7, 11) is 1.49. The number of hydrogen-bond acceptors (Lipinski definition) is 4. The molecule has 1 aromatic heterocycles. The van der Waals surface area contributed by atoms with Gasteiger partial charge >= 0.3 is 0 Å². The van der Waals surface area contributed by atoms with Crippen molar-refractivity contribution >= 4 is 11.8 Å². The first-order valence-corrected chi connectivity index (χ1v) is 9.36. The first kappa shape index (κ1) is 19.9. The van der Waals surface area contributed by atoms with Gasteiger partial charge in [-0.05, 0) is 49.9 Å². The molecular weight excluding hydrogens is 361 g/mol. The number of nitrogens with one attached hydrogen (secondary N) is 2. The normalized spacial score (nSPS) is 19.1. The second-order valence-electron chi connectivity index (χ2n) is 6.96. The highest BCUT2D eigenvalue weighted by Crippen LogP contribution is 2.20. The molecule has 0 radical (unpaired) electrons. The second kappa shape index (κ2) is 9.41. The second-order valence-corrected chi connectivity index (χ2v) is 6.96. The monoisotopic (exact) mass is 385 g/mol. The Kier molecular flexibility index (Phi) is 6.71. The van der Waals surface area contributed by atoms with Gasteiger partial charge in [0, 0.05) is 31.0 Å². The first-order chi connectivity index (χ1) is 13.5. The number of amides is 2. The van der Waals surface area contributed by atoms with E-state index in [9.17, 15) is 14.0 Å². The molecule has 1 fully saturated rings. The van der Waals surface area contributed by atoms with Crippen LogP contribution in [0.3, 0.4) is 0 Å². The number of methoxy groups -OCH3 is 1. The highest BCUT2D eigenvalue weighted by Gasteiger charge is 2.24. The summed E-state index contributed by atoms with van der Waals surface area (Å²) < 4.78 is 18.2. The smallest absolute Gasteiger partial charge is 0.253 e. The summed E-state index contributed by atoms with van der Waals surface area (Å²) in [5, 5.41) is 5.96. The van der Waals surface area contributed by atoms with Crippen LogP contribution in [0.5, 0.6) is 0 Å². The third kappa shape index (κ3) is 5.36. The lowest BCUT2D eigenvalue weighted by molar-refractivity contribution is -0.125. The van der Waals surface area contributed by atoms with E-state index in [-0.39, 0.29) is 36.3 Å². The third-order valence-corrected chi connectivity index (χ3v) is 4.85. The minimum Gasteiger partial charge on any atom is -0.375 e. The van der Waals surface area contributed by atoms with Crippen molar-refractivity contribution in [2.75, 3.05) is 13.7 Å². The molecule has 0 atom stereocenters. The standard InChI is InChI=1S/C21H24FN3O3/c1-28-13-20(26)24-17-6-8-18(9-7-17)25-21(27)15-5-10-19(23-12-15)14-3-2-4-16(22)11-14/h2-5,10-12,17-18H,6-9,13H2,1H3,(H,24,26)(H,25,27). The summed E-state index contributed by atoms with van der Waals surface area (Å²) in [6.45, 7) is 0.0648. The number of aromatic nitrogens is 1. The maximum atomic E-state index is 13.3.